The minimum absolute atomic E-state index is 0.0305. The molecule has 0 fully saturated rings. The van der Waals surface area contributed by atoms with Gasteiger partial charge in [-0.05, 0) is 42.5 Å². The molecule has 0 heterocycles. The number of nitrogens with two attached hydrogens (primary N) is 1. The van der Waals surface area contributed by atoms with Gasteiger partial charge in [-0.1, -0.05) is 26.0 Å². The topological polar surface area (TPSA) is 26.0 Å². The Morgan fingerprint density at radius 3 is 2.00 bits per heavy atom. The molecule has 0 aliphatic carbocycles. The average molecular weight is 245 g/mol. The smallest absolute Gasteiger partial charge is 0.330 e. The molecular weight excluding hydrogens is 227 g/mol. The molecule has 1 rings (SSSR count). The van der Waals surface area contributed by atoms with Crippen molar-refractivity contribution in [2.45, 2.75) is 32.9 Å². The van der Waals surface area contributed by atoms with Gasteiger partial charge < -0.3 is 5.73 Å². The van der Waals surface area contributed by atoms with Crippen molar-refractivity contribution < 1.29 is 13.2 Å². The highest BCUT2D eigenvalue weighted by molar-refractivity contribution is 5.24. The van der Waals surface area contributed by atoms with Gasteiger partial charge in [-0.2, -0.15) is 13.2 Å². The van der Waals surface area contributed by atoms with E-state index in [-0.39, 0.29) is 5.41 Å². The molecule has 0 saturated heterocycles. The Labute approximate surface area is 99.8 Å². The summed E-state index contributed by atoms with van der Waals surface area (Å²) in [6.07, 6.45) is -2.63. The van der Waals surface area contributed by atoms with Crippen molar-refractivity contribution in [2.24, 2.45) is 11.1 Å². The lowest BCUT2D eigenvalue weighted by Gasteiger charge is -2.22. The van der Waals surface area contributed by atoms with Crippen molar-refractivity contribution in [3.05, 3.63) is 35.4 Å². The fourth-order valence-corrected chi connectivity index (χ4v) is 1.45. The summed E-state index contributed by atoms with van der Waals surface area (Å²) >= 11 is 0. The predicted molar refractivity (Wildman–Crippen MR) is 62.6 cm³/mol. The van der Waals surface area contributed by atoms with E-state index in [4.69, 9.17) is 5.73 Å². The number of hydrogen-bond donors (Lipinski definition) is 1. The highest BCUT2D eigenvalue weighted by Gasteiger charge is 2.29. The van der Waals surface area contributed by atoms with Crippen LogP contribution in [0.5, 0.6) is 0 Å². The van der Waals surface area contributed by atoms with Gasteiger partial charge in [0.2, 0.25) is 0 Å². The molecule has 0 spiro atoms. The van der Waals surface area contributed by atoms with Gasteiger partial charge in [0.15, 0.2) is 0 Å². The number of rotatable bonds is 4. The third kappa shape index (κ3) is 4.38. The molecule has 1 nitrogen and oxygen atoms in total. The minimum Gasteiger partial charge on any atom is -0.330 e. The summed E-state index contributed by atoms with van der Waals surface area (Å²) < 4.78 is 37.0. The second-order valence-corrected chi connectivity index (χ2v) is 5.06. The van der Waals surface area contributed by atoms with Crippen LogP contribution in [0.4, 0.5) is 13.2 Å². The van der Waals surface area contributed by atoms with Crippen LogP contribution in [0.1, 0.15) is 31.4 Å². The van der Waals surface area contributed by atoms with Gasteiger partial charge >= 0.3 is 6.18 Å². The van der Waals surface area contributed by atoms with Crippen molar-refractivity contribution in [3.63, 3.8) is 0 Å². The van der Waals surface area contributed by atoms with Gasteiger partial charge in [-0.3, -0.25) is 0 Å². The first-order chi connectivity index (χ1) is 7.74. The molecule has 0 unspecified atom stereocenters. The van der Waals surface area contributed by atoms with Crippen LogP contribution in [-0.2, 0) is 12.6 Å². The van der Waals surface area contributed by atoms with Gasteiger partial charge in [0.25, 0.3) is 0 Å². The van der Waals surface area contributed by atoms with Crippen molar-refractivity contribution in [3.8, 4) is 0 Å². The van der Waals surface area contributed by atoms with Crippen molar-refractivity contribution >= 4 is 0 Å². The van der Waals surface area contributed by atoms with Gasteiger partial charge in [-0.25, -0.2) is 0 Å². The third-order valence-corrected chi connectivity index (χ3v) is 2.92. The maximum atomic E-state index is 12.3. The molecule has 0 bridgehead atoms. The second-order valence-electron chi connectivity index (χ2n) is 5.06. The van der Waals surface area contributed by atoms with Gasteiger partial charge in [-0.15, -0.1) is 0 Å². The number of benzene rings is 1. The maximum Gasteiger partial charge on any atom is 0.416 e. The van der Waals surface area contributed by atoms with E-state index in [9.17, 15) is 13.2 Å². The van der Waals surface area contributed by atoms with Crippen LogP contribution in [0.15, 0.2) is 24.3 Å². The van der Waals surface area contributed by atoms with Crippen LogP contribution in [-0.4, -0.2) is 6.54 Å². The minimum atomic E-state index is -4.25. The molecule has 1 aromatic rings. The third-order valence-electron chi connectivity index (χ3n) is 2.92. The van der Waals surface area contributed by atoms with Crippen LogP contribution in [0.25, 0.3) is 0 Å². The van der Waals surface area contributed by atoms with Crippen LogP contribution >= 0.6 is 0 Å². The van der Waals surface area contributed by atoms with Gasteiger partial charge in [0.1, 0.15) is 0 Å². The van der Waals surface area contributed by atoms with E-state index in [0.717, 1.165) is 30.5 Å². The molecule has 0 atom stereocenters. The van der Waals surface area contributed by atoms with E-state index in [1.54, 1.807) is 0 Å². The average Bonchev–Trinajstić information content (AvgIpc) is 2.26. The normalized spacial score (nSPS) is 12.8. The van der Waals surface area contributed by atoms with E-state index in [1.807, 2.05) is 0 Å². The number of halogens is 3. The Morgan fingerprint density at radius 1 is 1.06 bits per heavy atom. The Kier molecular flexibility index (Phi) is 4.20. The Balaban J connectivity index is 2.64. The highest BCUT2D eigenvalue weighted by atomic mass is 19.4. The zero-order valence-electron chi connectivity index (χ0n) is 10.1. The summed E-state index contributed by atoms with van der Waals surface area (Å²) in [6, 6.07) is 5.33. The molecule has 2 N–H and O–H groups in total. The summed E-state index contributed by atoms with van der Waals surface area (Å²) in [5.74, 6) is 0. The van der Waals surface area contributed by atoms with Crippen molar-refractivity contribution in [1.82, 2.24) is 0 Å². The first-order valence-electron chi connectivity index (χ1n) is 5.61. The fraction of sp³-hybridized carbons (Fsp3) is 0.538. The zero-order valence-corrected chi connectivity index (χ0v) is 10.1. The predicted octanol–water partition coefficient (Wildman–Crippen LogP) is 3.62. The lowest BCUT2D eigenvalue weighted by molar-refractivity contribution is -0.137. The van der Waals surface area contributed by atoms with E-state index in [0.29, 0.717) is 6.54 Å². The highest BCUT2D eigenvalue weighted by Crippen LogP contribution is 2.29. The summed E-state index contributed by atoms with van der Waals surface area (Å²) in [4.78, 5) is 0. The Bertz CT molecular complexity index is 352. The lowest BCUT2D eigenvalue weighted by Crippen LogP contribution is -2.24. The van der Waals surface area contributed by atoms with E-state index < -0.39 is 11.7 Å². The van der Waals surface area contributed by atoms with Crippen LogP contribution in [0.3, 0.4) is 0 Å². The molecule has 1 aromatic carbocycles. The molecule has 0 aliphatic heterocycles. The second kappa shape index (κ2) is 5.08. The molecule has 17 heavy (non-hydrogen) atoms. The fourth-order valence-electron chi connectivity index (χ4n) is 1.45. The lowest BCUT2D eigenvalue weighted by atomic mass is 9.86. The molecule has 96 valence electrons. The number of aryl methyl sites for hydroxylation is 1. The number of hydrogen-bond acceptors (Lipinski definition) is 1. The van der Waals surface area contributed by atoms with E-state index >= 15 is 0 Å². The molecule has 0 aromatic heterocycles. The molecule has 0 saturated carbocycles. The Hall–Kier alpha value is -1.03. The number of alkyl halides is 3. The van der Waals surface area contributed by atoms with Crippen molar-refractivity contribution in [2.75, 3.05) is 6.54 Å². The zero-order chi connectivity index (χ0) is 13.1. The molecule has 0 radical (unpaired) electrons. The molecule has 0 amide bonds. The largest absolute Gasteiger partial charge is 0.416 e. The van der Waals surface area contributed by atoms with Crippen LogP contribution in [0.2, 0.25) is 0 Å². The molecule has 0 aliphatic rings. The van der Waals surface area contributed by atoms with E-state index in [2.05, 4.69) is 13.8 Å². The van der Waals surface area contributed by atoms with Crippen molar-refractivity contribution in [1.29, 1.82) is 0 Å². The van der Waals surface area contributed by atoms with Gasteiger partial charge in [0, 0.05) is 0 Å². The maximum absolute atomic E-state index is 12.3. The summed E-state index contributed by atoms with van der Waals surface area (Å²) in [6.45, 7) is 4.68. The first-order valence-corrected chi connectivity index (χ1v) is 5.61. The summed E-state index contributed by atoms with van der Waals surface area (Å²) in [5, 5.41) is 0. The summed E-state index contributed by atoms with van der Waals surface area (Å²) in [5.41, 5.74) is 5.95. The standard InChI is InChI=1S/C13H18F3N/c1-12(2,9-17)8-7-10-3-5-11(6-4-10)13(14,15)16/h3-6H,7-9,17H2,1-2H3. The van der Waals surface area contributed by atoms with E-state index in [1.165, 1.54) is 12.1 Å². The summed E-state index contributed by atoms with van der Waals surface area (Å²) in [7, 11) is 0. The quantitative estimate of drug-likeness (QED) is 0.861. The van der Waals surface area contributed by atoms with Crippen LogP contribution < -0.4 is 5.73 Å². The van der Waals surface area contributed by atoms with Crippen LogP contribution in [0, 0.1) is 5.41 Å². The van der Waals surface area contributed by atoms with Gasteiger partial charge in [0.05, 0.1) is 5.56 Å². The monoisotopic (exact) mass is 245 g/mol. The first kappa shape index (κ1) is 14.0. The SMILES string of the molecule is CC(C)(CN)CCc1ccc(C(F)(F)F)cc1. The molecular formula is C13H18F3N. The Morgan fingerprint density at radius 2 is 1.59 bits per heavy atom. The molecule has 4 heteroatoms.